The molecule has 144 valence electrons. The Labute approximate surface area is 157 Å². The first-order valence-electron chi connectivity index (χ1n) is 8.80. The lowest BCUT2D eigenvalue weighted by Gasteiger charge is -2.22. The molecule has 2 aromatic rings. The fourth-order valence-electron chi connectivity index (χ4n) is 3.06. The maximum atomic E-state index is 13.8. The third kappa shape index (κ3) is 4.14. The van der Waals surface area contributed by atoms with E-state index in [0.717, 1.165) is 18.8 Å². The minimum atomic E-state index is -0.691. The molecule has 0 bridgehead atoms. The number of fused-ring (bicyclic) bond motifs is 1. The van der Waals surface area contributed by atoms with Crippen molar-refractivity contribution < 1.29 is 28.5 Å². The van der Waals surface area contributed by atoms with E-state index < -0.39 is 11.8 Å². The molecule has 0 saturated carbocycles. The molecule has 7 heteroatoms. The first-order chi connectivity index (χ1) is 13.0. The molecular weight excluding hydrogens is 353 g/mol. The number of hydrogen-bond acceptors (Lipinski definition) is 6. The highest BCUT2D eigenvalue weighted by Gasteiger charge is 2.20. The molecule has 1 N–H and O–H groups in total. The first kappa shape index (κ1) is 19.0. The molecule has 2 aromatic carbocycles. The number of phenols is 1. The highest BCUT2D eigenvalue weighted by molar-refractivity contribution is 5.93. The third-order valence-electron chi connectivity index (χ3n) is 4.44. The summed E-state index contributed by atoms with van der Waals surface area (Å²) in [7, 11) is 0. The van der Waals surface area contributed by atoms with Crippen LogP contribution in [-0.4, -0.2) is 31.0 Å². The molecule has 0 fully saturated rings. The predicted octanol–water partition coefficient (Wildman–Crippen LogP) is 3.60. The van der Waals surface area contributed by atoms with Gasteiger partial charge in [-0.25, -0.2) is 9.18 Å². The van der Waals surface area contributed by atoms with E-state index in [1.807, 2.05) is 18.7 Å². The second-order valence-corrected chi connectivity index (χ2v) is 6.11. The van der Waals surface area contributed by atoms with Crippen molar-refractivity contribution in [2.24, 2.45) is 0 Å². The molecule has 3 rings (SSSR count). The summed E-state index contributed by atoms with van der Waals surface area (Å²) in [5, 5.41) is 10.2. The number of nitrogens with zero attached hydrogens (tertiary/aromatic N) is 1. The van der Waals surface area contributed by atoms with Crippen LogP contribution in [0.1, 0.15) is 35.3 Å². The Morgan fingerprint density at radius 2 is 2.04 bits per heavy atom. The van der Waals surface area contributed by atoms with Crippen molar-refractivity contribution in [3.05, 3.63) is 52.8 Å². The van der Waals surface area contributed by atoms with Crippen LogP contribution in [0.2, 0.25) is 0 Å². The smallest absolute Gasteiger partial charge is 0.342 e. The fraction of sp³-hybridized carbons (Fsp3) is 0.350. The number of carbonyl (C=O) groups is 1. The molecule has 0 saturated heterocycles. The van der Waals surface area contributed by atoms with Crippen molar-refractivity contribution in [1.82, 2.24) is 0 Å². The van der Waals surface area contributed by atoms with Crippen LogP contribution < -0.4 is 9.64 Å². The van der Waals surface area contributed by atoms with Gasteiger partial charge in [0.15, 0.2) is 6.79 Å². The van der Waals surface area contributed by atoms with Gasteiger partial charge in [0, 0.05) is 36.0 Å². The van der Waals surface area contributed by atoms with Crippen LogP contribution in [0.5, 0.6) is 11.5 Å². The lowest BCUT2D eigenvalue weighted by molar-refractivity contribution is -0.0183. The summed E-state index contributed by atoms with van der Waals surface area (Å²) >= 11 is 0. The molecule has 0 radical (unpaired) electrons. The second-order valence-electron chi connectivity index (χ2n) is 6.11. The average molecular weight is 375 g/mol. The number of carbonyl (C=O) groups excluding carboxylic acids is 1. The van der Waals surface area contributed by atoms with Crippen molar-refractivity contribution >= 4 is 11.7 Å². The topological polar surface area (TPSA) is 68.2 Å². The quantitative estimate of drug-likeness (QED) is 0.778. The van der Waals surface area contributed by atoms with Gasteiger partial charge in [-0.1, -0.05) is 0 Å². The summed E-state index contributed by atoms with van der Waals surface area (Å²) in [6.07, 6.45) is 0. The van der Waals surface area contributed by atoms with Crippen molar-refractivity contribution in [2.45, 2.75) is 27.1 Å². The molecule has 1 heterocycles. The number of phenolic OH excluding ortho intramolecular Hbond substituents is 1. The summed E-state index contributed by atoms with van der Waals surface area (Å²) in [6, 6.07) is 7.41. The number of hydrogen-bond donors (Lipinski definition) is 1. The lowest BCUT2D eigenvalue weighted by atomic mass is 10.1. The second kappa shape index (κ2) is 8.26. The highest BCUT2D eigenvalue weighted by Crippen LogP contribution is 2.31. The molecule has 0 aliphatic carbocycles. The zero-order chi connectivity index (χ0) is 19.4. The number of halogens is 1. The Bertz CT molecular complexity index is 835. The van der Waals surface area contributed by atoms with Gasteiger partial charge in [-0.3, -0.25) is 0 Å². The number of esters is 1. The van der Waals surface area contributed by atoms with Crippen molar-refractivity contribution in [2.75, 3.05) is 24.8 Å². The molecular formula is C20H22FNO5. The van der Waals surface area contributed by atoms with Gasteiger partial charge in [-0.05, 0) is 38.1 Å². The van der Waals surface area contributed by atoms with E-state index in [-0.39, 0.29) is 31.3 Å². The Morgan fingerprint density at radius 1 is 1.26 bits per heavy atom. The van der Waals surface area contributed by atoms with E-state index in [4.69, 9.17) is 14.2 Å². The van der Waals surface area contributed by atoms with E-state index >= 15 is 0 Å². The number of ether oxygens (including phenoxy) is 3. The van der Waals surface area contributed by atoms with E-state index in [0.29, 0.717) is 16.9 Å². The molecule has 1 aliphatic heterocycles. The summed E-state index contributed by atoms with van der Waals surface area (Å²) in [5.41, 5.74) is 1.86. The van der Waals surface area contributed by atoms with Crippen LogP contribution in [0.3, 0.4) is 0 Å². The van der Waals surface area contributed by atoms with E-state index in [9.17, 15) is 14.3 Å². The highest BCUT2D eigenvalue weighted by atomic mass is 19.1. The van der Waals surface area contributed by atoms with Gasteiger partial charge in [0.05, 0.1) is 6.61 Å². The molecule has 6 nitrogen and oxygen atoms in total. The number of benzene rings is 2. The van der Waals surface area contributed by atoms with Crippen LogP contribution in [-0.2, 0) is 22.7 Å². The first-order valence-corrected chi connectivity index (χ1v) is 8.80. The van der Waals surface area contributed by atoms with Crippen LogP contribution >= 0.6 is 0 Å². The minimum Gasteiger partial charge on any atom is -0.507 e. The van der Waals surface area contributed by atoms with Crippen molar-refractivity contribution in [3.63, 3.8) is 0 Å². The summed E-state index contributed by atoms with van der Waals surface area (Å²) in [6.45, 7) is 5.72. The zero-order valence-corrected chi connectivity index (χ0v) is 15.3. The summed E-state index contributed by atoms with van der Waals surface area (Å²) < 4.78 is 29.6. The van der Waals surface area contributed by atoms with Gasteiger partial charge in [0.2, 0.25) is 0 Å². The van der Waals surface area contributed by atoms with Gasteiger partial charge in [0.1, 0.15) is 29.5 Å². The Kier molecular flexibility index (Phi) is 5.81. The fourth-order valence-corrected chi connectivity index (χ4v) is 3.06. The molecule has 0 atom stereocenters. The molecule has 0 unspecified atom stereocenters. The van der Waals surface area contributed by atoms with Gasteiger partial charge in [-0.2, -0.15) is 0 Å². The summed E-state index contributed by atoms with van der Waals surface area (Å²) in [4.78, 5) is 14.4. The normalized spacial score (nSPS) is 12.9. The maximum absolute atomic E-state index is 13.8. The number of aromatic hydroxyl groups is 1. The Balaban J connectivity index is 1.74. The van der Waals surface area contributed by atoms with Crippen LogP contribution in [0.4, 0.5) is 10.1 Å². The number of rotatable bonds is 6. The van der Waals surface area contributed by atoms with Crippen LogP contribution in [0, 0.1) is 5.82 Å². The molecule has 0 spiro atoms. The standard InChI is InChI=1S/C20H22FNO5/c1-3-22(4-2)16-5-6-17(18(23)9-16)20(24)26-11-14-8-15(21)7-13-10-25-12-27-19(13)14/h5-9,23H,3-4,10-12H2,1-2H3. The van der Waals surface area contributed by atoms with Gasteiger partial charge in [0.25, 0.3) is 0 Å². The molecule has 0 amide bonds. The van der Waals surface area contributed by atoms with Crippen LogP contribution in [0.15, 0.2) is 30.3 Å². The third-order valence-corrected chi connectivity index (χ3v) is 4.44. The predicted molar refractivity (Wildman–Crippen MR) is 97.5 cm³/mol. The Morgan fingerprint density at radius 3 is 2.74 bits per heavy atom. The minimum absolute atomic E-state index is 0.0560. The van der Waals surface area contributed by atoms with E-state index in [1.54, 1.807) is 6.07 Å². The van der Waals surface area contributed by atoms with Crippen molar-refractivity contribution in [1.29, 1.82) is 0 Å². The largest absolute Gasteiger partial charge is 0.507 e. The summed E-state index contributed by atoms with van der Waals surface area (Å²) in [5.74, 6) is -0.837. The van der Waals surface area contributed by atoms with Gasteiger partial charge in [-0.15, -0.1) is 0 Å². The molecule has 27 heavy (non-hydrogen) atoms. The molecule has 0 aromatic heterocycles. The van der Waals surface area contributed by atoms with E-state index in [1.165, 1.54) is 24.3 Å². The monoisotopic (exact) mass is 375 g/mol. The van der Waals surface area contributed by atoms with Gasteiger partial charge >= 0.3 is 5.97 Å². The van der Waals surface area contributed by atoms with Crippen LogP contribution in [0.25, 0.3) is 0 Å². The number of anilines is 1. The zero-order valence-electron chi connectivity index (χ0n) is 15.3. The van der Waals surface area contributed by atoms with E-state index in [2.05, 4.69) is 0 Å². The van der Waals surface area contributed by atoms with Gasteiger partial charge < -0.3 is 24.2 Å². The van der Waals surface area contributed by atoms with Crippen molar-refractivity contribution in [3.8, 4) is 11.5 Å². The average Bonchev–Trinajstić information content (AvgIpc) is 2.66. The Hall–Kier alpha value is -2.80. The molecule has 1 aliphatic rings. The SMILES string of the molecule is CCN(CC)c1ccc(C(=O)OCc2cc(F)cc3c2OCOC3)c(O)c1. The maximum Gasteiger partial charge on any atom is 0.342 e. The lowest BCUT2D eigenvalue weighted by Crippen LogP contribution is -2.21.